The van der Waals surface area contributed by atoms with E-state index in [-0.39, 0.29) is 0 Å². The van der Waals surface area contributed by atoms with Gasteiger partial charge in [0.2, 0.25) is 0 Å². The van der Waals surface area contributed by atoms with Gasteiger partial charge in [-0.25, -0.2) is 4.98 Å². The number of hydrogen-bond acceptors (Lipinski definition) is 2. The highest BCUT2D eigenvalue weighted by Crippen LogP contribution is 2.19. The Morgan fingerprint density at radius 1 is 1.22 bits per heavy atom. The summed E-state index contributed by atoms with van der Waals surface area (Å²) in [6, 6.07) is 4.12. The van der Waals surface area contributed by atoms with Crippen LogP contribution in [-0.2, 0) is 6.42 Å². The second-order valence-corrected chi connectivity index (χ2v) is 5.79. The quantitative estimate of drug-likeness (QED) is 0.868. The van der Waals surface area contributed by atoms with E-state index in [1.54, 1.807) is 0 Å². The number of nitrogens with zero attached hydrogens (tertiary/aromatic N) is 3. The van der Waals surface area contributed by atoms with Crippen molar-refractivity contribution < 1.29 is 0 Å². The number of pyridine rings is 1. The third kappa shape index (κ3) is 2.45. The summed E-state index contributed by atoms with van der Waals surface area (Å²) in [7, 11) is 0. The Labute approximate surface area is 116 Å². The largest absolute Gasteiger partial charge is 0.303 e. The number of imidazole rings is 1. The summed E-state index contributed by atoms with van der Waals surface area (Å²) in [6.07, 6.45) is 9.19. The van der Waals surface area contributed by atoms with Crippen molar-refractivity contribution in [2.24, 2.45) is 0 Å². The van der Waals surface area contributed by atoms with Crippen molar-refractivity contribution in [3.05, 3.63) is 34.8 Å². The molecule has 0 aliphatic carbocycles. The van der Waals surface area contributed by atoms with Gasteiger partial charge in [-0.05, 0) is 54.0 Å². The smallest absolute Gasteiger partial charge is 0.114 e. The fourth-order valence-corrected chi connectivity index (χ4v) is 3.11. The molecule has 3 rings (SSSR count). The number of rotatable bonds is 3. The number of piperidine rings is 1. The van der Waals surface area contributed by atoms with Gasteiger partial charge in [0, 0.05) is 23.6 Å². The number of fused-ring (bicyclic) bond motifs is 1. The van der Waals surface area contributed by atoms with Crippen molar-refractivity contribution in [1.82, 2.24) is 14.3 Å². The molecule has 0 N–H and O–H groups in total. The average molecular weight is 308 g/mol. The van der Waals surface area contributed by atoms with Crippen LogP contribution in [0.3, 0.4) is 0 Å². The lowest BCUT2D eigenvalue weighted by molar-refractivity contribution is 0.230. The van der Waals surface area contributed by atoms with Gasteiger partial charge < -0.3 is 9.30 Å². The molecule has 0 saturated carbocycles. The third-order valence-corrected chi connectivity index (χ3v) is 4.37. The Morgan fingerprint density at radius 3 is 2.89 bits per heavy atom. The van der Waals surface area contributed by atoms with Crippen molar-refractivity contribution in [1.29, 1.82) is 0 Å². The summed E-state index contributed by atoms with van der Waals surface area (Å²) in [5, 5.41) is 0. The first kappa shape index (κ1) is 12.2. The highest BCUT2D eigenvalue weighted by atomic mass is 79.9. The van der Waals surface area contributed by atoms with Gasteiger partial charge >= 0.3 is 0 Å². The average Bonchev–Trinajstić information content (AvgIpc) is 2.82. The van der Waals surface area contributed by atoms with E-state index in [0.717, 1.165) is 28.8 Å². The molecular formula is C14H18BrN3. The SMILES string of the molecule is Brc1cccn2c(CCN3CCCCC3)ncc12. The van der Waals surface area contributed by atoms with Crippen molar-refractivity contribution in [3.63, 3.8) is 0 Å². The van der Waals surface area contributed by atoms with Gasteiger partial charge in [0.1, 0.15) is 5.82 Å². The lowest BCUT2D eigenvalue weighted by Crippen LogP contribution is -2.31. The van der Waals surface area contributed by atoms with Gasteiger partial charge in [0.15, 0.2) is 0 Å². The lowest BCUT2D eigenvalue weighted by atomic mass is 10.1. The minimum atomic E-state index is 1.03. The van der Waals surface area contributed by atoms with Crippen LogP contribution in [0, 0.1) is 0 Å². The molecule has 0 unspecified atom stereocenters. The van der Waals surface area contributed by atoms with Gasteiger partial charge in [-0.3, -0.25) is 0 Å². The normalized spacial score (nSPS) is 17.4. The summed E-state index contributed by atoms with van der Waals surface area (Å²) in [5.74, 6) is 1.16. The van der Waals surface area contributed by atoms with E-state index in [1.807, 2.05) is 6.20 Å². The standard InChI is InChI=1S/C14H18BrN3/c15-12-5-4-9-18-13(12)11-16-14(18)6-10-17-7-2-1-3-8-17/h4-5,9,11H,1-3,6-8,10H2. The highest BCUT2D eigenvalue weighted by Gasteiger charge is 2.11. The Kier molecular flexibility index (Phi) is 3.66. The molecule has 0 spiro atoms. The van der Waals surface area contributed by atoms with Crippen LogP contribution in [0.1, 0.15) is 25.1 Å². The van der Waals surface area contributed by atoms with Gasteiger partial charge in [-0.15, -0.1) is 0 Å². The molecule has 0 radical (unpaired) electrons. The zero-order valence-electron chi connectivity index (χ0n) is 10.5. The minimum absolute atomic E-state index is 1.03. The summed E-state index contributed by atoms with van der Waals surface area (Å²) >= 11 is 3.57. The van der Waals surface area contributed by atoms with Crippen molar-refractivity contribution in [3.8, 4) is 0 Å². The molecule has 3 heterocycles. The molecule has 2 aromatic rings. The van der Waals surface area contributed by atoms with Crippen LogP contribution in [-0.4, -0.2) is 33.9 Å². The number of hydrogen-bond donors (Lipinski definition) is 0. The molecule has 18 heavy (non-hydrogen) atoms. The number of aromatic nitrogens is 2. The van der Waals surface area contributed by atoms with Crippen LogP contribution in [0.5, 0.6) is 0 Å². The Morgan fingerprint density at radius 2 is 2.06 bits per heavy atom. The maximum atomic E-state index is 4.55. The molecule has 2 aromatic heterocycles. The van der Waals surface area contributed by atoms with Crippen LogP contribution < -0.4 is 0 Å². The second kappa shape index (κ2) is 5.41. The van der Waals surface area contributed by atoms with Crippen molar-refractivity contribution >= 4 is 21.4 Å². The molecule has 1 fully saturated rings. The van der Waals surface area contributed by atoms with Crippen LogP contribution >= 0.6 is 15.9 Å². The minimum Gasteiger partial charge on any atom is -0.303 e. The lowest BCUT2D eigenvalue weighted by Gasteiger charge is -2.25. The predicted molar refractivity (Wildman–Crippen MR) is 76.9 cm³/mol. The van der Waals surface area contributed by atoms with E-state index < -0.39 is 0 Å². The monoisotopic (exact) mass is 307 g/mol. The van der Waals surface area contributed by atoms with E-state index in [9.17, 15) is 0 Å². The predicted octanol–water partition coefficient (Wildman–Crippen LogP) is 3.13. The number of likely N-dealkylation sites (tertiary alicyclic amines) is 1. The molecule has 0 aromatic carbocycles. The molecule has 1 aliphatic heterocycles. The summed E-state index contributed by atoms with van der Waals surface area (Å²) in [5.41, 5.74) is 1.16. The second-order valence-electron chi connectivity index (χ2n) is 4.94. The van der Waals surface area contributed by atoms with Crippen LogP contribution in [0.15, 0.2) is 29.0 Å². The molecule has 1 aliphatic rings. The summed E-state index contributed by atoms with van der Waals surface area (Å²) in [6.45, 7) is 3.64. The number of halogens is 1. The van der Waals surface area contributed by atoms with E-state index in [2.05, 4.69) is 48.5 Å². The molecule has 3 nitrogen and oxygen atoms in total. The third-order valence-electron chi connectivity index (χ3n) is 3.70. The zero-order chi connectivity index (χ0) is 12.4. The Bertz CT molecular complexity index is 529. The Balaban J connectivity index is 1.72. The molecule has 4 heteroatoms. The van der Waals surface area contributed by atoms with Crippen molar-refractivity contribution in [2.75, 3.05) is 19.6 Å². The topological polar surface area (TPSA) is 20.5 Å². The van der Waals surface area contributed by atoms with E-state index >= 15 is 0 Å². The van der Waals surface area contributed by atoms with Crippen LogP contribution in [0.4, 0.5) is 0 Å². The first-order chi connectivity index (χ1) is 8.84. The van der Waals surface area contributed by atoms with Gasteiger partial charge in [-0.2, -0.15) is 0 Å². The summed E-state index contributed by atoms with van der Waals surface area (Å²) in [4.78, 5) is 7.10. The Hall–Kier alpha value is -0.870. The maximum absolute atomic E-state index is 4.55. The molecule has 0 amide bonds. The first-order valence-electron chi connectivity index (χ1n) is 6.67. The van der Waals surface area contributed by atoms with Gasteiger partial charge in [0.25, 0.3) is 0 Å². The first-order valence-corrected chi connectivity index (χ1v) is 7.47. The molecule has 96 valence electrons. The fraction of sp³-hybridized carbons (Fsp3) is 0.500. The van der Waals surface area contributed by atoms with Crippen LogP contribution in [0.2, 0.25) is 0 Å². The van der Waals surface area contributed by atoms with Gasteiger partial charge in [0.05, 0.1) is 11.7 Å². The van der Waals surface area contributed by atoms with Crippen molar-refractivity contribution in [2.45, 2.75) is 25.7 Å². The fourth-order valence-electron chi connectivity index (χ4n) is 2.67. The van der Waals surface area contributed by atoms with E-state index in [4.69, 9.17) is 0 Å². The molecule has 0 atom stereocenters. The molecule has 1 saturated heterocycles. The summed E-state index contributed by atoms with van der Waals surface area (Å²) < 4.78 is 3.30. The van der Waals surface area contributed by atoms with E-state index in [1.165, 1.54) is 32.4 Å². The zero-order valence-corrected chi connectivity index (χ0v) is 12.1. The van der Waals surface area contributed by atoms with Crippen LogP contribution in [0.25, 0.3) is 5.52 Å². The highest BCUT2D eigenvalue weighted by molar-refractivity contribution is 9.10. The van der Waals surface area contributed by atoms with Gasteiger partial charge in [-0.1, -0.05) is 6.42 Å². The maximum Gasteiger partial charge on any atom is 0.114 e. The molecule has 0 bridgehead atoms. The van der Waals surface area contributed by atoms with E-state index in [0.29, 0.717) is 0 Å². The molecular weight excluding hydrogens is 290 g/mol.